The Balaban J connectivity index is 1.37. The summed E-state index contributed by atoms with van der Waals surface area (Å²) in [4.78, 5) is 70.7. The van der Waals surface area contributed by atoms with Gasteiger partial charge in [-0.25, -0.2) is 4.39 Å². The van der Waals surface area contributed by atoms with Crippen LogP contribution in [0.15, 0.2) is 121 Å². The van der Waals surface area contributed by atoms with Crippen molar-refractivity contribution in [2.24, 2.45) is 11.8 Å². The first-order valence-electron chi connectivity index (χ1n) is 19.3. The van der Waals surface area contributed by atoms with Gasteiger partial charge in [0, 0.05) is 42.4 Å². The fraction of sp³-hybridized carbons (Fsp3) is 0.267. The molecule has 0 fully saturated rings. The van der Waals surface area contributed by atoms with Gasteiger partial charge in [-0.05, 0) is 70.3 Å². The van der Waals surface area contributed by atoms with E-state index < -0.39 is 75.7 Å². The zero-order valence-electron chi connectivity index (χ0n) is 32.4. The molecule has 2 bridgehead atoms. The molecule has 5 aromatic rings. The Hall–Kier alpha value is -6.03. The summed E-state index contributed by atoms with van der Waals surface area (Å²) in [6, 6.07) is 30.2. The van der Waals surface area contributed by atoms with Crippen LogP contribution in [0, 0.1) is 17.7 Å². The number of carbonyl (C=O) groups excluding carboxylic acids is 5. The van der Waals surface area contributed by atoms with E-state index in [-0.39, 0.29) is 50.1 Å². The summed E-state index contributed by atoms with van der Waals surface area (Å²) in [6.45, 7) is -0.349. The largest absolute Gasteiger partial charge is 0.486 e. The van der Waals surface area contributed by atoms with Gasteiger partial charge < -0.3 is 20.7 Å². The average molecular weight is 854 g/mol. The number of ketones is 2. The highest BCUT2D eigenvalue weighted by Gasteiger charge is 2.33. The van der Waals surface area contributed by atoms with Crippen molar-refractivity contribution >= 4 is 50.7 Å². The lowest BCUT2D eigenvalue weighted by Gasteiger charge is -2.26. The molecule has 1 aromatic heterocycles. The van der Waals surface area contributed by atoms with Crippen molar-refractivity contribution in [3.63, 3.8) is 0 Å². The highest BCUT2D eigenvalue weighted by Crippen LogP contribution is 2.24. The number of rotatable bonds is 10. The molecule has 2 aliphatic rings. The second-order valence-corrected chi connectivity index (χ2v) is 17.2. The first-order valence-corrected chi connectivity index (χ1v) is 21.8. The lowest BCUT2D eigenvalue weighted by atomic mass is 9.89. The van der Waals surface area contributed by atoms with E-state index in [9.17, 15) is 36.9 Å². The molecule has 0 saturated carbocycles. The van der Waals surface area contributed by atoms with Crippen LogP contribution in [0.3, 0.4) is 0 Å². The summed E-state index contributed by atoms with van der Waals surface area (Å²) in [6.07, 6.45) is -0.930. The van der Waals surface area contributed by atoms with Crippen molar-refractivity contribution in [2.75, 3.05) is 12.5 Å². The Morgan fingerprint density at radius 2 is 1.43 bits per heavy atom. The van der Waals surface area contributed by atoms with Crippen LogP contribution in [0.5, 0.6) is 5.75 Å². The lowest BCUT2D eigenvalue weighted by molar-refractivity contribution is -0.135. The fourth-order valence-electron chi connectivity index (χ4n) is 6.98. The van der Waals surface area contributed by atoms with E-state index in [4.69, 9.17) is 4.74 Å². The summed E-state index contributed by atoms with van der Waals surface area (Å²) in [5, 5.41) is 9.61. The molecule has 312 valence electrons. The predicted molar refractivity (Wildman–Crippen MR) is 224 cm³/mol. The third-order valence-electron chi connectivity index (χ3n) is 10.1. The van der Waals surface area contributed by atoms with Gasteiger partial charge in [0.2, 0.25) is 17.7 Å². The van der Waals surface area contributed by atoms with Crippen molar-refractivity contribution in [1.29, 1.82) is 0 Å². The third kappa shape index (κ3) is 12.7. The summed E-state index contributed by atoms with van der Waals surface area (Å²) in [5.41, 5.74) is 3.22. The van der Waals surface area contributed by atoms with E-state index in [2.05, 4.69) is 16.0 Å². The van der Waals surface area contributed by atoms with Crippen molar-refractivity contribution in [1.82, 2.24) is 16.0 Å². The molecule has 3 amide bonds. The van der Waals surface area contributed by atoms with Gasteiger partial charge in [0.15, 0.2) is 11.6 Å². The van der Waals surface area contributed by atoms with E-state index in [0.29, 0.717) is 16.9 Å². The Bertz CT molecular complexity index is 2390. The number of fused-ring (bicyclic) bond motifs is 16. The number of hydrogen-bond acceptors (Lipinski definition) is 9. The van der Waals surface area contributed by atoms with Crippen LogP contribution in [0.4, 0.5) is 4.39 Å². The third-order valence-corrected chi connectivity index (χ3v) is 11.6. The highest BCUT2D eigenvalue weighted by atomic mass is 32.2. The molecule has 4 atom stereocenters. The maximum Gasteiger partial charge on any atom is 0.283 e. The monoisotopic (exact) mass is 853 g/mol. The van der Waals surface area contributed by atoms with Gasteiger partial charge in [-0.2, -0.15) is 8.42 Å². The quantitative estimate of drug-likeness (QED) is 0.136. The molecular weight excluding hydrogens is 810 g/mol. The Labute approximate surface area is 351 Å². The molecule has 12 nitrogen and oxygen atoms in total. The topological polar surface area (TPSA) is 185 Å². The number of nitrogens with one attached hydrogen (secondary N) is 3. The predicted octanol–water partition coefficient (Wildman–Crippen LogP) is 5.30. The van der Waals surface area contributed by atoms with Gasteiger partial charge in [0.25, 0.3) is 10.1 Å². The molecule has 3 heterocycles. The maximum atomic E-state index is 15.1. The second-order valence-electron chi connectivity index (χ2n) is 14.7. The van der Waals surface area contributed by atoms with Gasteiger partial charge in [0.1, 0.15) is 30.1 Å². The minimum Gasteiger partial charge on any atom is -0.486 e. The number of halogens is 1. The number of thiophene rings is 1. The maximum absolute atomic E-state index is 15.1. The Kier molecular flexibility index (Phi) is 14.7. The van der Waals surface area contributed by atoms with E-state index in [1.54, 1.807) is 30.3 Å². The molecule has 60 heavy (non-hydrogen) atoms. The molecule has 0 unspecified atom stereocenters. The first-order chi connectivity index (χ1) is 28.8. The fourth-order valence-corrected chi connectivity index (χ4v) is 8.09. The molecule has 0 saturated heterocycles. The van der Waals surface area contributed by atoms with Gasteiger partial charge in [-0.1, -0.05) is 91.0 Å². The van der Waals surface area contributed by atoms with E-state index in [1.165, 1.54) is 29.5 Å². The molecule has 0 spiro atoms. The summed E-state index contributed by atoms with van der Waals surface area (Å²) >= 11 is 1.42. The zero-order chi connectivity index (χ0) is 42.6. The number of benzene rings is 4. The molecule has 7 rings (SSSR count). The summed E-state index contributed by atoms with van der Waals surface area (Å²) in [7, 11) is -4.62. The molecule has 4 N–H and O–H groups in total. The summed E-state index contributed by atoms with van der Waals surface area (Å²) < 4.78 is 53.3. The number of Topliss-reactive ketones (excluding diaryl/α,β-unsaturated/α-hetero) is 2. The molecular formula is C45H44FN3O9S2. The normalized spacial score (nSPS) is 19.6. The number of carbonyl (C=O) groups is 5. The van der Waals surface area contributed by atoms with E-state index in [1.807, 2.05) is 72.1 Å². The van der Waals surface area contributed by atoms with Crippen molar-refractivity contribution in [3.8, 4) is 16.9 Å². The van der Waals surface area contributed by atoms with Crippen LogP contribution in [0.1, 0.15) is 34.4 Å². The molecule has 2 aliphatic heterocycles. The molecule has 15 heteroatoms. The number of amides is 3. The van der Waals surface area contributed by atoms with Gasteiger partial charge in [0.05, 0.1) is 6.04 Å². The van der Waals surface area contributed by atoms with Crippen molar-refractivity contribution < 1.29 is 46.1 Å². The summed E-state index contributed by atoms with van der Waals surface area (Å²) in [5.74, 6) is -6.75. The van der Waals surface area contributed by atoms with Crippen LogP contribution < -0.4 is 20.7 Å². The van der Waals surface area contributed by atoms with E-state index >= 15 is 4.39 Å². The van der Waals surface area contributed by atoms with Crippen molar-refractivity contribution in [3.05, 3.63) is 148 Å². The van der Waals surface area contributed by atoms with Crippen LogP contribution >= 0.6 is 11.3 Å². The second kappa shape index (κ2) is 20.3. The Morgan fingerprint density at radius 3 is 2.12 bits per heavy atom. The van der Waals surface area contributed by atoms with Crippen LogP contribution in [0.25, 0.3) is 11.1 Å². The van der Waals surface area contributed by atoms with Crippen LogP contribution in [0.2, 0.25) is 0 Å². The average Bonchev–Trinajstić information content (AvgIpc) is 3.75. The minimum atomic E-state index is -4.62. The smallest absolute Gasteiger partial charge is 0.283 e. The number of hydrogen-bond donors (Lipinski definition) is 4. The van der Waals surface area contributed by atoms with Gasteiger partial charge >= 0.3 is 0 Å². The molecule has 4 aromatic carbocycles. The standard InChI is InChI=1S/C45H44FN3O9S2/c46-39-11-5-4-9-33(39)25-40-42(51)26-34(43(52)47-28-60(55,56)57)21-29-14-18-37(19-15-29)58-27-36(50)23-35(24-38-10-6-20-59-38)44(53)49-41(45(54)48-40)22-30-12-16-32(17-13-30)31-7-2-1-3-8-31/h1-20,34-35,40-41H,21-28H2,(H,47,52)(H,48,54)(H,49,53)(H,55,56,57)/t34-,35+,40+,41-/m1/s1. The van der Waals surface area contributed by atoms with Crippen LogP contribution in [-0.4, -0.2) is 66.8 Å². The first kappa shape index (κ1) is 43.5. The highest BCUT2D eigenvalue weighted by molar-refractivity contribution is 7.85. The Morgan fingerprint density at radius 1 is 0.750 bits per heavy atom. The minimum absolute atomic E-state index is 0.0231. The van der Waals surface area contributed by atoms with Crippen molar-refractivity contribution in [2.45, 2.75) is 50.6 Å². The zero-order valence-corrected chi connectivity index (χ0v) is 34.1. The lowest BCUT2D eigenvalue weighted by Crippen LogP contribution is -2.54. The van der Waals surface area contributed by atoms with Crippen LogP contribution in [-0.2, 0) is 59.8 Å². The van der Waals surface area contributed by atoms with E-state index in [0.717, 1.165) is 16.0 Å². The SMILES string of the molecule is O=C1COc2ccc(cc2)C[C@@H](C(=O)NCS(=O)(=O)O)CC(=O)[C@H](Cc2ccccc2F)NC(=O)[C@@H](Cc2ccc(-c3ccccc3)cc2)NC(=O)[C@H](Cc2cccs2)C1. The van der Waals surface area contributed by atoms with Gasteiger partial charge in [-0.3, -0.25) is 28.5 Å². The van der Waals surface area contributed by atoms with Gasteiger partial charge in [-0.15, -0.1) is 11.3 Å². The number of ether oxygens (including phenoxy) is 1. The molecule has 0 aliphatic carbocycles. The molecule has 0 radical (unpaired) electrons.